The third-order valence-corrected chi connectivity index (χ3v) is 4.88. The molecule has 0 unspecified atom stereocenters. The highest BCUT2D eigenvalue weighted by molar-refractivity contribution is 6.30. The van der Waals surface area contributed by atoms with E-state index < -0.39 is 5.82 Å². The Morgan fingerprint density at radius 2 is 1.82 bits per heavy atom. The number of hydrogen-bond donors (Lipinski definition) is 1. The summed E-state index contributed by atoms with van der Waals surface area (Å²) < 4.78 is 20.1. The number of ether oxygens (including phenoxy) is 1. The van der Waals surface area contributed by atoms with Crippen LogP contribution in [0.15, 0.2) is 82.8 Å². The molecular weight excluding hydrogens is 445 g/mol. The number of aliphatic imine (C=N–C) groups is 1. The van der Waals surface area contributed by atoms with Crippen LogP contribution in [-0.2, 0) is 6.54 Å². The van der Waals surface area contributed by atoms with Crippen molar-refractivity contribution in [2.24, 2.45) is 4.99 Å². The summed E-state index contributed by atoms with van der Waals surface area (Å²) in [4.78, 5) is 25.3. The molecule has 7 nitrogen and oxygen atoms in total. The molecule has 2 aromatic carbocycles. The van der Waals surface area contributed by atoms with Crippen LogP contribution in [0.2, 0.25) is 5.02 Å². The second-order valence-corrected chi connectivity index (χ2v) is 7.44. The second kappa shape index (κ2) is 10.1. The normalized spacial score (nSPS) is 11.0. The molecular formula is C24H19ClFN5O2. The molecule has 2 aromatic heterocycles. The van der Waals surface area contributed by atoms with E-state index in [1.165, 1.54) is 29.1 Å². The molecule has 0 saturated heterocycles. The Hall–Kier alpha value is -4.04. The number of benzene rings is 2. The average Bonchev–Trinajstić information content (AvgIpc) is 2.82. The van der Waals surface area contributed by atoms with Crippen molar-refractivity contribution in [3.63, 3.8) is 0 Å². The summed E-state index contributed by atoms with van der Waals surface area (Å²) in [6, 6.07) is 17.0. The van der Waals surface area contributed by atoms with Gasteiger partial charge in [-0.15, -0.1) is 0 Å². The van der Waals surface area contributed by atoms with Gasteiger partial charge in [-0.2, -0.15) is 0 Å². The molecule has 9 heteroatoms. The highest BCUT2D eigenvalue weighted by Gasteiger charge is 2.11. The van der Waals surface area contributed by atoms with Crippen LogP contribution in [0.3, 0.4) is 0 Å². The number of pyridine rings is 1. The van der Waals surface area contributed by atoms with E-state index in [1.54, 1.807) is 43.4 Å². The SMILES string of the molecule is CN=Cc1cnc(Nc2ccc(Oc3ccc(F)cn3)cc2)n(Cc2ccc(Cl)cc2)c1=O. The number of nitrogens with one attached hydrogen (secondary N) is 1. The third-order valence-electron chi connectivity index (χ3n) is 4.63. The number of halogens is 2. The Bertz CT molecular complexity index is 1320. The van der Waals surface area contributed by atoms with Gasteiger partial charge in [-0.05, 0) is 48.0 Å². The molecule has 0 fully saturated rings. The maximum atomic E-state index is 13.0. The Kier molecular flexibility index (Phi) is 6.75. The predicted molar refractivity (Wildman–Crippen MR) is 127 cm³/mol. The van der Waals surface area contributed by atoms with Gasteiger partial charge in [-0.1, -0.05) is 23.7 Å². The Morgan fingerprint density at radius 3 is 2.48 bits per heavy atom. The number of aromatic nitrogens is 3. The van der Waals surface area contributed by atoms with Gasteiger partial charge < -0.3 is 10.1 Å². The number of anilines is 2. The molecule has 0 atom stereocenters. The van der Waals surface area contributed by atoms with Gasteiger partial charge in [0, 0.05) is 36.2 Å². The van der Waals surface area contributed by atoms with Crippen LogP contribution < -0.4 is 15.6 Å². The molecule has 0 spiro atoms. The summed E-state index contributed by atoms with van der Waals surface area (Å²) in [5.74, 6) is 0.747. The van der Waals surface area contributed by atoms with Gasteiger partial charge >= 0.3 is 0 Å². The number of nitrogens with zero attached hydrogens (tertiary/aromatic N) is 4. The van der Waals surface area contributed by atoms with Crippen molar-refractivity contribution in [2.75, 3.05) is 12.4 Å². The van der Waals surface area contributed by atoms with Crippen molar-refractivity contribution in [2.45, 2.75) is 6.54 Å². The lowest BCUT2D eigenvalue weighted by molar-refractivity contribution is 0.459. The summed E-state index contributed by atoms with van der Waals surface area (Å²) in [6.07, 6.45) is 4.05. The first-order valence-corrected chi connectivity index (χ1v) is 10.3. The lowest BCUT2D eigenvalue weighted by atomic mass is 10.2. The third kappa shape index (κ3) is 5.61. The van der Waals surface area contributed by atoms with Gasteiger partial charge in [0.05, 0.1) is 18.3 Å². The Balaban J connectivity index is 1.58. The van der Waals surface area contributed by atoms with E-state index in [0.29, 0.717) is 34.5 Å². The standard InChI is InChI=1S/C24H19ClFN5O2/c1-27-12-17-13-29-24(31(23(17)32)15-16-2-4-18(25)5-3-16)30-20-7-9-21(10-8-20)33-22-11-6-19(26)14-28-22/h2-14H,15H2,1H3,(H,29,30). The number of rotatable bonds is 7. The first-order chi connectivity index (χ1) is 16.0. The molecule has 166 valence electrons. The van der Waals surface area contributed by atoms with Gasteiger partial charge in [-0.25, -0.2) is 14.4 Å². The molecule has 0 aliphatic carbocycles. The lowest BCUT2D eigenvalue weighted by Crippen LogP contribution is -2.27. The minimum absolute atomic E-state index is 0.226. The van der Waals surface area contributed by atoms with Crippen molar-refractivity contribution in [3.05, 3.63) is 105 Å². The smallest absolute Gasteiger partial charge is 0.264 e. The topological polar surface area (TPSA) is 81.4 Å². The molecule has 2 heterocycles. The van der Waals surface area contributed by atoms with Gasteiger partial charge in [0.15, 0.2) is 0 Å². The molecule has 0 saturated carbocycles. The van der Waals surface area contributed by atoms with Crippen LogP contribution in [0, 0.1) is 5.82 Å². The van der Waals surface area contributed by atoms with Crippen molar-refractivity contribution < 1.29 is 9.13 Å². The fourth-order valence-corrected chi connectivity index (χ4v) is 3.16. The Labute approximate surface area is 194 Å². The van der Waals surface area contributed by atoms with E-state index in [1.807, 2.05) is 12.1 Å². The zero-order valence-corrected chi connectivity index (χ0v) is 18.3. The van der Waals surface area contributed by atoms with Crippen LogP contribution in [-0.4, -0.2) is 27.8 Å². The summed E-state index contributed by atoms with van der Waals surface area (Å²) in [7, 11) is 1.60. The molecule has 4 rings (SSSR count). The zero-order chi connectivity index (χ0) is 23.2. The van der Waals surface area contributed by atoms with Crippen molar-refractivity contribution in [1.82, 2.24) is 14.5 Å². The van der Waals surface area contributed by atoms with Crippen LogP contribution >= 0.6 is 11.6 Å². The van der Waals surface area contributed by atoms with Gasteiger partial charge in [-0.3, -0.25) is 14.4 Å². The minimum atomic E-state index is -0.435. The zero-order valence-electron chi connectivity index (χ0n) is 17.6. The largest absolute Gasteiger partial charge is 0.439 e. The van der Waals surface area contributed by atoms with Crippen molar-refractivity contribution >= 4 is 29.5 Å². The van der Waals surface area contributed by atoms with E-state index in [0.717, 1.165) is 11.8 Å². The van der Waals surface area contributed by atoms with Gasteiger partial charge in [0.2, 0.25) is 11.8 Å². The first kappa shape index (κ1) is 22.2. The first-order valence-electron chi connectivity index (χ1n) is 9.95. The second-order valence-electron chi connectivity index (χ2n) is 7.01. The fourth-order valence-electron chi connectivity index (χ4n) is 3.03. The van der Waals surface area contributed by atoms with Crippen LogP contribution in [0.4, 0.5) is 16.0 Å². The average molecular weight is 464 g/mol. The van der Waals surface area contributed by atoms with Crippen molar-refractivity contribution in [3.8, 4) is 11.6 Å². The van der Waals surface area contributed by atoms with Gasteiger partial charge in [0.1, 0.15) is 11.6 Å². The highest BCUT2D eigenvalue weighted by Crippen LogP contribution is 2.23. The van der Waals surface area contributed by atoms with Gasteiger partial charge in [0.25, 0.3) is 5.56 Å². The minimum Gasteiger partial charge on any atom is -0.439 e. The Morgan fingerprint density at radius 1 is 1.06 bits per heavy atom. The molecule has 4 aromatic rings. The fraction of sp³-hybridized carbons (Fsp3) is 0.0833. The van der Waals surface area contributed by atoms with Crippen LogP contribution in [0.5, 0.6) is 11.6 Å². The summed E-state index contributed by atoms with van der Waals surface area (Å²) in [6.45, 7) is 0.300. The van der Waals surface area contributed by atoms with Crippen LogP contribution in [0.1, 0.15) is 11.1 Å². The van der Waals surface area contributed by atoms with E-state index >= 15 is 0 Å². The maximum absolute atomic E-state index is 13.0. The number of hydrogen-bond acceptors (Lipinski definition) is 6. The summed E-state index contributed by atoms with van der Waals surface area (Å²) in [5.41, 5.74) is 1.75. The molecule has 1 N–H and O–H groups in total. The molecule has 33 heavy (non-hydrogen) atoms. The molecule has 0 bridgehead atoms. The van der Waals surface area contributed by atoms with E-state index in [2.05, 4.69) is 20.3 Å². The molecule has 0 amide bonds. The lowest BCUT2D eigenvalue weighted by Gasteiger charge is -2.15. The van der Waals surface area contributed by atoms with Crippen molar-refractivity contribution in [1.29, 1.82) is 0 Å². The maximum Gasteiger partial charge on any atom is 0.264 e. The molecule has 0 aliphatic heterocycles. The van der Waals surface area contributed by atoms with E-state index in [9.17, 15) is 9.18 Å². The molecule has 0 radical (unpaired) electrons. The monoisotopic (exact) mass is 463 g/mol. The highest BCUT2D eigenvalue weighted by atomic mass is 35.5. The summed E-state index contributed by atoms with van der Waals surface area (Å²) >= 11 is 5.98. The van der Waals surface area contributed by atoms with Crippen LogP contribution in [0.25, 0.3) is 0 Å². The van der Waals surface area contributed by atoms with E-state index in [4.69, 9.17) is 16.3 Å². The summed E-state index contributed by atoms with van der Waals surface area (Å²) in [5, 5.41) is 3.79. The molecule has 0 aliphatic rings. The van der Waals surface area contributed by atoms with E-state index in [-0.39, 0.29) is 11.4 Å². The quantitative estimate of drug-likeness (QED) is 0.387. The predicted octanol–water partition coefficient (Wildman–Crippen LogP) is 5.06.